The molecule has 0 atom stereocenters. The number of hydrogen-bond acceptors (Lipinski definition) is 5. The van der Waals surface area contributed by atoms with Crippen LogP contribution < -0.4 is 15.8 Å². The molecule has 1 saturated heterocycles. The second kappa shape index (κ2) is 6.97. The van der Waals surface area contributed by atoms with Gasteiger partial charge in [0.1, 0.15) is 5.75 Å². The van der Waals surface area contributed by atoms with Crippen LogP contribution in [-0.4, -0.2) is 47.8 Å². The first-order valence-electron chi connectivity index (χ1n) is 10.1. The first kappa shape index (κ1) is 18.8. The molecule has 0 amide bonds. The van der Waals surface area contributed by atoms with Crippen molar-refractivity contribution < 1.29 is 14.6 Å². The number of hydrogen-bond donors (Lipinski definition) is 4. The highest BCUT2D eigenvalue weighted by molar-refractivity contribution is 5.95. The largest absolute Gasteiger partial charge is 0.497 e. The summed E-state index contributed by atoms with van der Waals surface area (Å²) in [6.45, 7) is 1.77. The van der Waals surface area contributed by atoms with Gasteiger partial charge in [0.2, 0.25) is 0 Å². The highest BCUT2D eigenvalue weighted by Crippen LogP contribution is 2.41. The molecule has 1 aromatic carbocycles. The van der Waals surface area contributed by atoms with Gasteiger partial charge in [0, 0.05) is 48.1 Å². The van der Waals surface area contributed by atoms with E-state index in [-0.39, 0.29) is 5.41 Å². The Kier molecular flexibility index (Phi) is 4.38. The first-order valence-corrected chi connectivity index (χ1v) is 10.1. The van der Waals surface area contributed by atoms with Crippen LogP contribution in [-0.2, 0) is 18.3 Å². The number of carboxylic acid groups (broad SMARTS) is 1. The maximum Gasteiger partial charge on any atom is 0.337 e. The Bertz CT molecular complexity index is 1120. The van der Waals surface area contributed by atoms with Crippen molar-refractivity contribution in [3.05, 3.63) is 58.9 Å². The van der Waals surface area contributed by atoms with Crippen LogP contribution in [0.15, 0.2) is 36.5 Å². The summed E-state index contributed by atoms with van der Waals surface area (Å²) in [7, 11) is 1.64. The zero-order chi connectivity index (χ0) is 20.9. The van der Waals surface area contributed by atoms with Crippen LogP contribution in [0.4, 0.5) is 0 Å². The van der Waals surface area contributed by atoms with Gasteiger partial charge >= 0.3 is 5.97 Å². The maximum absolute atomic E-state index is 12.2. The zero-order valence-electron chi connectivity index (χ0n) is 16.8. The number of benzene rings is 1. The molecule has 0 bridgehead atoms. The number of carboxylic acids is 1. The summed E-state index contributed by atoms with van der Waals surface area (Å²) in [5.41, 5.74) is 12.6. The fourth-order valence-electron chi connectivity index (χ4n) is 4.60. The summed E-state index contributed by atoms with van der Waals surface area (Å²) in [6, 6.07) is 9.82. The van der Waals surface area contributed by atoms with Crippen molar-refractivity contribution in [2.45, 2.75) is 18.3 Å². The number of pyridine rings is 1. The van der Waals surface area contributed by atoms with Gasteiger partial charge in [-0.15, -0.1) is 0 Å². The van der Waals surface area contributed by atoms with Crippen LogP contribution in [0.1, 0.15) is 27.2 Å². The van der Waals surface area contributed by atoms with E-state index in [0.717, 1.165) is 51.5 Å². The van der Waals surface area contributed by atoms with Gasteiger partial charge in [0.15, 0.2) is 0 Å². The highest BCUT2D eigenvalue weighted by atomic mass is 16.5. The van der Waals surface area contributed by atoms with E-state index in [2.05, 4.69) is 21.4 Å². The lowest BCUT2D eigenvalue weighted by molar-refractivity contribution is 0.0691. The maximum atomic E-state index is 12.2. The highest BCUT2D eigenvalue weighted by Gasteiger charge is 2.43. The second-order valence-corrected chi connectivity index (χ2v) is 8.08. The Balaban J connectivity index is 1.65. The summed E-state index contributed by atoms with van der Waals surface area (Å²) >= 11 is 0. The van der Waals surface area contributed by atoms with Gasteiger partial charge in [0.25, 0.3) is 0 Å². The number of rotatable bonds is 5. The monoisotopic (exact) mass is 404 g/mol. The van der Waals surface area contributed by atoms with Crippen molar-refractivity contribution in [2.75, 3.05) is 26.7 Å². The quantitative estimate of drug-likeness (QED) is 0.519. The molecule has 0 saturated carbocycles. The molecule has 3 aromatic rings. The number of H-pyrrole nitrogens is 1. The number of aromatic nitrogens is 2. The summed E-state index contributed by atoms with van der Waals surface area (Å²) in [5.74, 6) is -0.101. The first-order chi connectivity index (χ1) is 14.6. The number of fused-ring (bicyclic) bond motifs is 3. The molecule has 7 nitrogen and oxygen atoms in total. The van der Waals surface area contributed by atoms with Crippen molar-refractivity contribution in [2.24, 2.45) is 5.73 Å². The van der Waals surface area contributed by atoms with Gasteiger partial charge in [0.05, 0.1) is 24.1 Å². The fourth-order valence-corrected chi connectivity index (χ4v) is 4.60. The SMILES string of the molecule is COc1ccc(-c2cc3c(cn2)CCc2c-3[nH]c(C3(CN)CNC3)c2C(=O)O)cc1. The second-order valence-electron chi connectivity index (χ2n) is 8.08. The molecule has 5 rings (SSSR count). The number of nitrogens with zero attached hydrogens (tertiary/aromatic N) is 1. The smallest absolute Gasteiger partial charge is 0.337 e. The lowest BCUT2D eigenvalue weighted by atomic mass is 9.76. The van der Waals surface area contributed by atoms with E-state index >= 15 is 0 Å². The van der Waals surface area contributed by atoms with E-state index in [9.17, 15) is 9.90 Å². The van der Waals surface area contributed by atoms with Crippen molar-refractivity contribution >= 4 is 5.97 Å². The molecule has 0 spiro atoms. The van der Waals surface area contributed by atoms with E-state index in [4.69, 9.17) is 10.5 Å². The molecule has 2 aliphatic rings. The van der Waals surface area contributed by atoms with Crippen LogP contribution in [0.3, 0.4) is 0 Å². The number of methoxy groups -OCH3 is 1. The molecule has 1 fully saturated rings. The molecule has 1 aliphatic heterocycles. The minimum atomic E-state index is -0.893. The summed E-state index contributed by atoms with van der Waals surface area (Å²) in [5, 5.41) is 13.3. The van der Waals surface area contributed by atoms with Gasteiger partial charge in [-0.1, -0.05) is 0 Å². The molecule has 30 heavy (non-hydrogen) atoms. The van der Waals surface area contributed by atoms with E-state index in [1.165, 1.54) is 0 Å². The fraction of sp³-hybridized carbons (Fsp3) is 0.304. The van der Waals surface area contributed by atoms with E-state index in [0.29, 0.717) is 31.6 Å². The van der Waals surface area contributed by atoms with Gasteiger partial charge in [-0.2, -0.15) is 0 Å². The number of aromatic carboxylic acids is 1. The summed E-state index contributed by atoms with van der Waals surface area (Å²) < 4.78 is 5.24. The normalized spacial score (nSPS) is 16.3. The van der Waals surface area contributed by atoms with Gasteiger partial charge in [-0.05, 0) is 54.3 Å². The van der Waals surface area contributed by atoms with Crippen molar-refractivity contribution in [1.82, 2.24) is 15.3 Å². The molecule has 5 N–H and O–H groups in total. The zero-order valence-corrected chi connectivity index (χ0v) is 16.8. The average molecular weight is 404 g/mol. The number of ether oxygens (including phenoxy) is 1. The lowest BCUT2D eigenvalue weighted by Gasteiger charge is -2.41. The lowest BCUT2D eigenvalue weighted by Crippen LogP contribution is -2.61. The summed E-state index contributed by atoms with van der Waals surface area (Å²) in [6.07, 6.45) is 3.35. The molecule has 2 aromatic heterocycles. The molecular weight excluding hydrogens is 380 g/mol. The number of carbonyl (C=O) groups is 1. The molecule has 0 unspecified atom stereocenters. The third-order valence-corrected chi connectivity index (χ3v) is 6.45. The molecule has 3 heterocycles. The van der Waals surface area contributed by atoms with Gasteiger partial charge in [-0.25, -0.2) is 4.79 Å². The Hall–Kier alpha value is -3.16. The average Bonchev–Trinajstić information content (AvgIpc) is 3.13. The molecular formula is C23H24N4O3. The number of nitrogens with one attached hydrogen (secondary N) is 2. The predicted molar refractivity (Wildman–Crippen MR) is 114 cm³/mol. The number of nitrogens with two attached hydrogens (primary N) is 1. The predicted octanol–water partition coefficient (Wildman–Crippen LogP) is 2.35. The Morgan fingerprint density at radius 3 is 2.63 bits per heavy atom. The topological polar surface area (TPSA) is 113 Å². The Morgan fingerprint density at radius 1 is 1.27 bits per heavy atom. The summed E-state index contributed by atoms with van der Waals surface area (Å²) in [4.78, 5) is 20.3. The molecule has 1 aliphatic carbocycles. The van der Waals surface area contributed by atoms with Crippen LogP contribution in [0.5, 0.6) is 5.75 Å². The number of aromatic amines is 1. The molecule has 0 radical (unpaired) electrons. The minimum absolute atomic E-state index is 0.350. The van der Waals surface area contributed by atoms with Crippen LogP contribution >= 0.6 is 0 Å². The molecule has 154 valence electrons. The minimum Gasteiger partial charge on any atom is -0.497 e. The van der Waals surface area contributed by atoms with Gasteiger partial charge in [-0.3, -0.25) is 4.98 Å². The third-order valence-electron chi connectivity index (χ3n) is 6.45. The molecule has 7 heteroatoms. The van der Waals surface area contributed by atoms with Crippen LogP contribution in [0.2, 0.25) is 0 Å². The van der Waals surface area contributed by atoms with E-state index in [1.807, 2.05) is 30.5 Å². The van der Waals surface area contributed by atoms with E-state index in [1.54, 1.807) is 7.11 Å². The Labute approximate surface area is 174 Å². The van der Waals surface area contributed by atoms with Crippen LogP contribution in [0, 0.1) is 0 Å². The standard InChI is InChI=1S/C23H24N4O3/c1-30-15-5-2-13(3-6-15)18-8-17-14(9-26-18)4-7-16-19(22(28)29)21(27-20(16)17)23(10-24)11-25-12-23/h2-3,5-6,8-9,25,27H,4,7,10-12,24H2,1H3,(H,28,29). The Morgan fingerprint density at radius 2 is 2.03 bits per heavy atom. The van der Waals surface area contributed by atoms with Crippen molar-refractivity contribution in [3.63, 3.8) is 0 Å². The number of aryl methyl sites for hydroxylation is 1. The van der Waals surface area contributed by atoms with Crippen molar-refractivity contribution in [3.8, 4) is 28.3 Å². The van der Waals surface area contributed by atoms with E-state index < -0.39 is 5.97 Å². The third kappa shape index (κ3) is 2.74. The van der Waals surface area contributed by atoms with Gasteiger partial charge < -0.3 is 25.9 Å². The van der Waals surface area contributed by atoms with Crippen LogP contribution in [0.25, 0.3) is 22.5 Å². The van der Waals surface area contributed by atoms with Crippen molar-refractivity contribution in [1.29, 1.82) is 0 Å².